The van der Waals surface area contributed by atoms with Gasteiger partial charge in [0.25, 0.3) is 0 Å². The summed E-state index contributed by atoms with van der Waals surface area (Å²) in [6.07, 6.45) is 9.95. The summed E-state index contributed by atoms with van der Waals surface area (Å²) in [6, 6.07) is 66.9. The van der Waals surface area contributed by atoms with Crippen LogP contribution < -0.4 is 0 Å². The summed E-state index contributed by atoms with van der Waals surface area (Å²) in [7, 11) is 0. The number of aromatic nitrogens is 1. The van der Waals surface area contributed by atoms with E-state index in [-0.39, 0.29) is 0 Å². The Bertz CT molecular complexity index is 2840. The van der Waals surface area contributed by atoms with Crippen molar-refractivity contribution in [1.29, 1.82) is 0 Å². The standard InChI is InChI=1S/C52H37N/c1-4-15-38(16-5-1)49-32-33-50(39-17-6-2-7-18-39)53(49)44-30-31-47-48(35-44)52(46-23-13-12-22-45(46)51(47)40-19-8-3-9-20-40)41-27-24-37(25-28-41)43-29-26-36-14-10-11-21-42(36)34-43/h1-17,19-35,39H,18H2. The molecule has 0 radical (unpaired) electrons. The van der Waals surface area contributed by atoms with Gasteiger partial charge in [0, 0.05) is 17.3 Å². The molecule has 0 spiro atoms. The van der Waals surface area contributed by atoms with E-state index >= 15 is 0 Å². The molecule has 1 aliphatic carbocycles. The van der Waals surface area contributed by atoms with Crippen molar-refractivity contribution in [1.82, 2.24) is 4.57 Å². The molecule has 0 fully saturated rings. The average molecular weight is 676 g/mol. The van der Waals surface area contributed by atoms with Crippen molar-refractivity contribution in [3.63, 3.8) is 0 Å². The number of benzene rings is 8. The van der Waals surface area contributed by atoms with Gasteiger partial charge in [-0.15, -0.1) is 0 Å². The minimum absolute atomic E-state index is 0.298. The van der Waals surface area contributed by atoms with Crippen LogP contribution in [0.5, 0.6) is 0 Å². The zero-order valence-electron chi connectivity index (χ0n) is 29.4. The van der Waals surface area contributed by atoms with E-state index in [0.29, 0.717) is 5.92 Å². The largest absolute Gasteiger partial charge is 0.313 e. The van der Waals surface area contributed by atoms with Crippen LogP contribution in [0, 0.1) is 0 Å². The molecule has 9 aromatic rings. The van der Waals surface area contributed by atoms with E-state index in [1.807, 2.05) is 0 Å². The third kappa shape index (κ3) is 5.50. The van der Waals surface area contributed by atoms with Crippen LogP contribution in [0.1, 0.15) is 18.0 Å². The van der Waals surface area contributed by atoms with Gasteiger partial charge in [-0.25, -0.2) is 0 Å². The van der Waals surface area contributed by atoms with Gasteiger partial charge in [0.2, 0.25) is 0 Å². The number of rotatable bonds is 6. The van der Waals surface area contributed by atoms with E-state index < -0.39 is 0 Å². The summed E-state index contributed by atoms with van der Waals surface area (Å²) in [5.74, 6) is 0.298. The third-order valence-corrected chi connectivity index (χ3v) is 10.9. The molecule has 1 nitrogen and oxygen atoms in total. The van der Waals surface area contributed by atoms with Crippen molar-refractivity contribution >= 4 is 32.3 Å². The number of hydrogen-bond donors (Lipinski definition) is 0. The van der Waals surface area contributed by atoms with Gasteiger partial charge in [-0.2, -0.15) is 0 Å². The monoisotopic (exact) mass is 675 g/mol. The molecule has 1 heterocycles. The lowest BCUT2D eigenvalue weighted by Crippen LogP contribution is -2.07. The normalized spacial score (nSPS) is 14.0. The van der Waals surface area contributed by atoms with E-state index in [1.54, 1.807) is 0 Å². The summed E-state index contributed by atoms with van der Waals surface area (Å²) in [4.78, 5) is 0. The summed E-state index contributed by atoms with van der Waals surface area (Å²) in [5, 5.41) is 7.54. The van der Waals surface area contributed by atoms with Gasteiger partial charge in [0.1, 0.15) is 0 Å². The Labute approximate surface area is 310 Å². The van der Waals surface area contributed by atoms with Crippen LogP contribution in [0.3, 0.4) is 0 Å². The van der Waals surface area contributed by atoms with Crippen LogP contribution in [-0.2, 0) is 0 Å². The van der Waals surface area contributed by atoms with Crippen molar-refractivity contribution in [2.24, 2.45) is 0 Å². The van der Waals surface area contributed by atoms with Crippen molar-refractivity contribution in [2.75, 3.05) is 0 Å². The Kier molecular flexibility index (Phi) is 7.69. The lowest BCUT2D eigenvalue weighted by Gasteiger charge is -2.22. The van der Waals surface area contributed by atoms with E-state index in [0.717, 1.165) is 6.42 Å². The number of hydrogen-bond acceptors (Lipinski definition) is 0. The first-order chi connectivity index (χ1) is 26.3. The smallest absolute Gasteiger partial charge is 0.0531 e. The molecule has 0 amide bonds. The predicted molar refractivity (Wildman–Crippen MR) is 226 cm³/mol. The van der Waals surface area contributed by atoms with Crippen LogP contribution in [0.4, 0.5) is 0 Å². The van der Waals surface area contributed by atoms with Crippen molar-refractivity contribution in [3.8, 4) is 50.3 Å². The fraction of sp³-hybridized carbons (Fsp3) is 0.0385. The molecule has 1 aromatic heterocycles. The molecule has 1 aliphatic rings. The highest BCUT2D eigenvalue weighted by atomic mass is 15.0. The van der Waals surface area contributed by atoms with Crippen molar-refractivity contribution in [2.45, 2.75) is 12.3 Å². The number of fused-ring (bicyclic) bond motifs is 3. The molecule has 1 unspecified atom stereocenters. The Morgan fingerprint density at radius 3 is 1.74 bits per heavy atom. The summed E-state index contributed by atoms with van der Waals surface area (Å²) >= 11 is 0. The van der Waals surface area contributed by atoms with Gasteiger partial charge in [-0.1, -0.05) is 176 Å². The predicted octanol–water partition coefficient (Wildman–Crippen LogP) is 14.2. The fourth-order valence-corrected chi connectivity index (χ4v) is 8.39. The molecule has 250 valence electrons. The maximum absolute atomic E-state index is 2.49. The molecule has 1 atom stereocenters. The Hall–Kier alpha value is -6.70. The van der Waals surface area contributed by atoms with E-state index in [4.69, 9.17) is 0 Å². The highest BCUT2D eigenvalue weighted by Gasteiger charge is 2.21. The lowest BCUT2D eigenvalue weighted by molar-refractivity contribution is 0.786. The first-order valence-corrected chi connectivity index (χ1v) is 18.5. The second kappa shape index (κ2) is 13.1. The zero-order valence-corrected chi connectivity index (χ0v) is 29.4. The first-order valence-electron chi connectivity index (χ1n) is 18.5. The van der Waals surface area contributed by atoms with E-state index in [1.165, 1.54) is 88.3 Å². The van der Waals surface area contributed by atoms with Crippen molar-refractivity contribution < 1.29 is 0 Å². The van der Waals surface area contributed by atoms with E-state index in [2.05, 4.69) is 211 Å². The van der Waals surface area contributed by atoms with Gasteiger partial charge >= 0.3 is 0 Å². The molecule has 0 saturated carbocycles. The van der Waals surface area contributed by atoms with Crippen LogP contribution in [0.25, 0.3) is 82.6 Å². The second-order valence-electron chi connectivity index (χ2n) is 14.0. The van der Waals surface area contributed by atoms with Crippen LogP contribution >= 0.6 is 0 Å². The van der Waals surface area contributed by atoms with Crippen LogP contribution in [0.2, 0.25) is 0 Å². The maximum Gasteiger partial charge on any atom is 0.0531 e. The van der Waals surface area contributed by atoms with Crippen molar-refractivity contribution in [3.05, 3.63) is 212 Å². The lowest BCUT2D eigenvalue weighted by atomic mass is 9.85. The number of nitrogens with zero attached hydrogens (tertiary/aromatic N) is 1. The molecule has 10 rings (SSSR count). The Morgan fingerprint density at radius 2 is 1.00 bits per heavy atom. The molecular weight excluding hydrogens is 639 g/mol. The molecule has 53 heavy (non-hydrogen) atoms. The topological polar surface area (TPSA) is 4.93 Å². The average Bonchev–Trinajstić information content (AvgIpc) is 3.69. The van der Waals surface area contributed by atoms with Gasteiger partial charge in [-0.3, -0.25) is 0 Å². The molecule has 8 aromatic carbocycles. The quantitative estimate of drug-likeness (QED) is 0.155. The number of allylic oxidation sites excluding steroid dienone is 4. The first kappa shape index (κ1) is 31.1. The minimum Gasteiger partial charge on any atom is -0.313 e. The SMILES string of the molecule is C1=CCC(c2ccc(-c3ccccc3)n2-c2ccc3c(-c4ccccc4)c4ccccc4c(-c4ccc(-c5ccc6ccccc6c5)cc4)c3c2)C=C1. The second-order valence-corrected chi connectivity index (χ2v) is 14.0. The van der Waals surface area contributed by atoms with Gasteiger partial charge in [0.05, 0.1) is 5.69 Å². The van der Waals surface area contributed by atoms with Crippen LogP contribution in [0.15, 0.2) is 206 Å². The highest BCUT2D eigenvalue weighted by Crippen LogP contribution is 2.45. The molecule has 0 N–H and O–H groups in total. The molecule has 0 aliphatic heterocycles. The molecule has 1 heteroatoms. The van der Waals surface area contributed by atoms with Crippen LogP contribution in [-0.4, -0.2) is 4.57 Å². The van der Waals surface area contributed by atoms with Gasteiger partial charge < -0.3 is 4.57 Å². The summed E-state index contributed by atoms with van der Waals surface area (Å²) < 4.78 is 2.49. The van der Waals surface area contributed by atoms with Gasteiger partial charge in [0.15, 0.2) is 0 Å². The molecular formula is C52H37N. The molecule has 0 saturated heterocycles. The van der Waals surface area contributed by atoms with Gasteiger partial charge in [-0.05, 0) is 108 Å². The van der Waals surface area contributed by atoms with E-state index in [9.17, 15) is 0 Å². The fourth-order valence-electron chi connectivity index (χ4n) is 8.39. The zero-order chi connectivity index (χ0) is 35.1. The minimum atomic E-state index is 0.298. The molecule has 0 bridgehead atoms. The summed E-state index contributed by atoms with van der Waals surface area (Å²) in [5.41, 5.74) is 12.3. The highest BCUT2D eigenvalue weighted by molar-refractivity contribution is 6.21. The maximum atomic E-state index is 2.49. The Morgan fingerprint density at radius 1 is 0.396 bits per heavy atom. The third-order valence-electron chi connectivity index (χ3n) is 10.9. The Balaban J connectivity index is 1.23. The summed E-state index contributed by atoms with van der Waals surface area (Å²) in [6.45, 7) is 0.